The number of rotatable bonds is 24. The largest absolute Gasteiger partial charge is 0.493 e. The molecule has 0 N–H and O–H groups in total. The average molecular weight is 503 g/mol. The zero-order valence-corrected chi connectivity index (χ0v) is 25.4. The highest BCUT2D eigenvalue weighted by Gasteiger charge is 2.17. The molecule has 0 aliphatic carbocycles. The van der Waals surface area contributed by atoms with E-state index >= 15 is 0 Å². The van der Waals surface area contributed by atoms with Crippen LogP contribution >= 0.6 is 0 Å². The molecule has 0 amide bonds. The molecule has 0 bridgehead atoms. The Morgan fingerprint density at radius 2 is 0.556 bits per heavy atom. The van der Waals surface area contributed by atoms with Crippen molar-refractivity contribution in [1.82, 2.24) is 0 Å². The molecule has 0 aliphatic heterocycles. The lowest BCUT2D eigenvalue weighted by Gasteiger charge is -2.21. The Labute approximate surface area is 226 Å². The van der Waals surface area contributed by atoms with Gasteiger partial charge in [0.05, 0.1) is 13.2 Å². The molecule has 0 heterocycles. The number of hydrogen-bond donors (Lipinski definition) is 0. The van der Waals surface area contributed by atoms with Gasteiger partial charge in [-0.2, -0.15) is 0 Å². The molecule has 0 spiro atoms. The summed E-state index contributed by atoms with van der Waals surface area (Å²) in [5.74, 6) is 2.18. The van der Waals surface area contributed by atoms with Gasteiger partial charge >= 0.3 is 0 Å². The van der Waals surface area contributed by atoms with Crippen LogP contribution in [-0.2, 0) is 0 Å². The van der Waals surface area contributed by atoms with Crippen molar-refractivity contribution in [2.45, 2.75) is 170 Å². The Bertz CT molecular complexity index is 578. The fraction of sp³-hybridized carbons (Fsp3) is 0.824. The normalized spacial score (nSPS) is 11.3. The van der Waals surface area contributed by atoms with Crippen LogP contribution in [0, 0.1) is 27.7 Å². The lowest BCUT2D eigenvalue weighted by molar-refractivity contribution is 0.289. The van der Waals surface area contributed by atoms with E-state index in [0.717, 1.165) is 37.6 Å². The Morgan fingerprint density at radius 3 is 0.806 bits per heavy atom. The van der Waals surface area contributed by atoms with E-state index < -0.39 is 0 Å². The van der Waals surface area contributed by atoms with Gasteiger partial charge in [0, 0.05) is 0 Å². The van der Waals surface area contributed by atoms with Crippen molar-refractivity contribution < 1.29 is 9.47 Å². The van der Waals surface area contributed by atoms with Crippen molar-refractivity contribution in [1.29, 1.82) is 0 Å². The van der Waals surface area contributed by atoms with Crippen molar-refractivity contribution in [3.8, 4) is 11.5 Å². The average Bonchev–Trinajstić information content (AvgIpc) is 2.88. The summed E-state index contributed by atoms with van der Waals surface area (Å²) >= 11 is 0. The zero-order chi connectivity index (χ0) is 26.4. The molecule has 1 rings (SSSR count). The summed E-state index contributed by atoms with van der Waals surface area (Å²) < 4.78 is 12.6. The third-order valence-electron chi connectivity index (χ3n) is 7.98. The van der Waals surface area contributed by atoms with Crippen LogP contribution in [0.2, 0.25) is 0 Å². The molecule has 1 aromatic carbocycles. The molecule has 0 saturated carbocycles. The maximum atomic E-state index is 6.31. The molecule has 36 heavy (non-hydrogen) atoms. The minimum absolute atomic E-state index is 0.829. The van der Waals surface area contributed by atoms with Crippen molar-refractivity contribution in [2.75, 3.05) is 13.2 Å². The summed E-state index contributed by atoms with van der Waals surface area (Å²) in [6.45, 7) is 15.0. The second-order valence-electron chi connectivity index (χ2n) is 11.2. The van der Waals surface area contributed by atoms with Gasteiger partial charge in [0.15, 0.2) is 0 Å². The molecular weight excluding hydrogens is 440 g/mol. The predicted molar refractivity (Wildman–Crippen MR) is 160 cm³/mol. The van der Waals surface area contributed by atoms with Crippen LogP contribution in [0.25, 0.3) is 0 Å². The van der Waals surface area contributed by atoms with Crippen LogP contribution in [-0.4, -0.2) is 13.2 Å². The predicted octanol–water partition coefficient (Wildman–Crippen LogP) is 11.5. The minimum atomic E-state index is 0.829. The summed E-state index contributed by atoms with van der Waals surface area (Å²) in [6, 6.07) is 0. The molecule has 0 saturated heterocycles. The van der Waals surface area contributed by atoms with Gasteiger partial charge < -0.3 is 9.47 Å². The Hall–Kier alpha value is -1.18. The van der Waals surface area contributed by atoms with Gasteiger partial charge in [0.1, 0.15) is 11.5 Å². The molecule has 0 fully saturated rings. The van der Waals surface area contributed by atoms with E-state index in [1.807, 2.05) is 0 Å². The SMILES string of the molecule is CCCCCCCCCCCCOc1c(C)c(C)c(OCCCCCCCCCCCC)c(C)c1C. The second-order valence-corrected chi connectivity index (χ2v) is 11.2. The molecule has 2 heteroatoms. The number of unbranched alkanes of at least 4 members (excludes halogenated alkanes) is 18. The topological polar surface area (TPSA) is 18.5 Å². The number of benzene rings is 1. The van der Waals surface area contributed by atoms with Crippen molar-refractivity contribution >= 4 is 0 Å². The minimum Gasteiger partial charge on any atom is -0.493 e. The van der Waals surface area contributed by atoms with E-state index in [-0.39, 0.29) is 0 Å². The fourth-order valence-corrected chi connectivity index (χ4v) is 5.20. The van der Waals surface area contributed by atoms with E-state index in [2.05, 4.69) is 41.5 Å². The fourth-order valence-electron chi connectivity index (χ4n) is 5.20. The van der Waals surface area contributed by atoms with E-state index in [1.54, 1.807) is 0 Å². The summed E-state index contributed by atoms with van der Waals surface area (Å²) in [5.41, 5.74) is 5.01. The molecule has 210 valence electrons. The van der Waals surface area contributed by atoms with Crippen LogP contribution in [0.4, 0.5) is 0 Å². The Balaban J connectivity index is 2.26. The first kappa shape index (κ1) is 32.8. The number of hydrogen-bond acceptors (Lipinski definition) is 2. The highest BCUT2D eigenvalue weighted by atomic mass is 16.5. The highest BCUT2D eigenvalue weighted by molar-refractivity contribution is 5.57. The maximum absolute atomic E-state index is 6.31. The third-order valence-corrected chi connectivity index (χ3v) is 7.98. The van der Waals surface area contributed by atoms with Crippen LogP contribution in [0.1, 0.15) is 165 Å². The first-order chi connectivity index (χ1) is 17.5. The van der Waals surface area contributed by atoms with Gasteiger partial charge in [0.2, 0.25) is 0 Å². The van der Waals surface area contributed by atoms with Gasteiger partial charge in [-0.15, -0.1) is 0 Å². The number of ether oxygens (including phenoxy) is 2. The molecule has 0 unspecified atom stereocenters. The lowest BCUT2D eigenvalue weighted by Crippen LogP contribution is -2.07. The van der Waals surface area contributed by atoms with E-state index in [1.165, 1.54) is 138 Å². The van der Waals surface area contributed by atoms with Crippen molar-refractivity contribution in [3.63, 3.8) is 0 Å². The summed E-state index contributed by atoms with van der Waals surface area (Å²) in [5, 5.41) is 0. The van der Waals surface area contributed by atoms with Crippen LogP contribution in [0.15, 0.2) is 0 Å². The summed E-state index contributed by atoms with van der Waals surface area (Å²) in [7, 11) is 0. The molecule has 2 nitrogen and oxygen atoms in total. The maximum Gasteiger partial charge on any atom is 0.125 e. The van der Waals surface area contributed by atoms with Gasteiger partial charge in [-0.25, -0.2) is 0 Å². The molecule has 0 aromatic heterocycles. The quantitative estimate of drug-likeness (QED) is 0.131. The van der Waals surface area contributed by atoms with Gasteiger partial charge in [0.25, 0.3) is 0 Å². The smallest absolute Gasteiger partial charge is 0.125 e. The van der Waals surface area contributed by atoms with E-state index in [0.29, 0.717) is 0 Å². The first-order valence-corrected chi connectivity index (χ1v) is 15.9. The van der Waals surface area contributed by atoms with Crippen molar-refractivity contribution in [3.05, 3.63) is 22.3 Å². The third kappa shape index (κ3) is 13.9. The van der Waals surface area contributed by atoms with Gasteiger partial charge in [-0.3, -0.25) is 0 Å². The van der Waals surface area contributed by atoms with E-state index in [9.17, 15) is 0 Å². The highest BCUT2D eigenvalue weighted by Crippen LogP contribution is 2.37. The monoisotopic (exact) mass is 502 g/mol. The molecular formula is C34H62O2. The first-order valence-electron chi connectivity index (χ1n) is 15.9. The zero-order valence-electron chi connectivity index (χ0n) is 25.4. The molecule has 0 aliphatic rings. The Morgan fingerprint density at radius 1 is 0.333 bits per heavy atom. The second kappa shape index (κ2) is 21.9. The Kier molecular flexibility index (Phi) is 19.9. The van der Waals surface area contributed by atoms with Crippen LogP contribution in [0.5, 0.6) is 11.5 Å². The lowest BCUT2D eigenvalue weighted by atomic mass is 9.98. The molecule has 1 aromatic rings. The van der Waals surface area contributed by atoms with Crippen LogP contribution in [0.3, 0.4) is 0 Å². The van der Waals surface area contributed by atoms with Gasteiger partial charge in [-0.1, -0.05) is 129 Å². The standard InChI is InChI=1S/C34H62O2/c1-7-9-11-13-15-17-19-21-23-25-27-35-33-29(3)31(5)34(32(6)30(33)4)36-28-26-24-22-20-18-16-14-12-10-8-2/h7-28H2,1-6H3. The molecule has 0 radical (unpaired) electrons. The van der Waals surface area contributed by atoms with Crippen molar-refractivity contribution in [2.24, 2.45) is 0 Å². The summed E-state index contributed by atoms with van der Waals surface area (Å²) in [6.07, 6.45) is 27.2. The summed E-state index contributed by atoms with van der Waals surface area (Å²) in [4.78, 5) is 0. The van der Waals surface area contributed by atoms with E-state index in [4.69, 9.17) is 9.47 Å². The van der Waals surface area contributed by atoms with Gasteiger partial charge in [-0.05, 0) is 62.8 Å². The molecule has 0 atom stereocenters. The van der Waals surface area contributed by atoms with Crippen LogP contribution < -0.4 is 9.47 Å².